The van der Waals surface area contributed by atoms with Crippen molar-refractivity contribution in [2.75, 3.05) is 20.2 Å². The van der Waals surface area contributed by atoms with Crippen LogP contribution in [0.1, 0.15) is 32.6 Å². The second kappa shape index (κ2) is 7.72. The fourth-order valence-electron chi connectivity index (χ4n) is 2.21. The summed E-state index contributed by atoms with van der Waals surface area (Å²) in [7, 11) is 1.24. The number of ether oxygens (including phenoxy) is 1. The van der Waals surface area contributed by atoms with Crippen molar-refractivity contribution >= 4 is 18.0 Å². The maximum Gasteiger partial charge on any atom is 0.326 e. The van der Waals surface area contributed by atoms with E-state index < -0.39 is 18.0 Å². The monoisotopic (exact) mass is 286 g/mol. The third-order valence-electron chi connectivity index (χ3n) is 3.61. The number of carboxylic acid groups (broad SMARTS) is 1. The van der Waals surface area contributed by atoms with E-state index in [1.165, 1.54) is 7.11 Å². The molecule has 0 saturated carbocycles. The lowest BCUT2D eigenvalue weighted by atomic mass is 10.1. The van der Waals surface area contributed by atoms with Crippen LogP contribution < -0.4 is 5.32 Å². The average molecular weight is 286 g/mol. The van der Waals surface area contributed by atoms with E-state index in [4.69, 9.17) is 5.11 Å². The molecule has 1 heterocycles. The summed E-state index contributed by atoms with van der Waals surface area (Å²) in [4.78, 5) is 35.7. The number of likely N-dealkylation sites (tertiary alicyclic amines) is 1. The normalized spacial score (nSPS) is 19.5. The molecule has 0 aromatic heterocycles. The number of esters is 1. The van der Waals surface area contributed by atoms with Gasteiger partial charge >= 0.3 is 18.0 Å². The molecular formula is C13H22N2O5. The number of nitrogens with one attached hydrogen (secondary N) is 1. The molecule has 1 saturated heterocycles. The Morgan fingerprint density at radius 2 is 2.15 bits per heavy atom. The zero-order valence-corrected chi connectivity index (χ0v) is 11.9. The van der Waals surface area contributed by atoms with Crippen LogP contribution in [0, 0.1) is 5.92 Å². The third kappa shape index (κ3) is 4.71. The molecule has 0 aromatic carbocycles. The van der Waals surface area contributed by atoms with Crippen LogP contribution in [0.25, 0.3) is 0 Å². The van der Waals surface area contributed by atoms with E-state index in [0.29, 0.717) is 19.0 Å². The van der Waals surface area contributed by atoms with Crippen LogP contribution >= 0.6 is 0 Å². The van der Waals surface area contributed by atoms with Gasteiger partial charge in [0.1, 0.15) is 6.04 Å². The van der Waals surface area contributed by atoms with Gasteiger partial charge in [0.15, 0.2) is 0 Å². The number of amides is 2. The molecule has 2 N–H and O–H groups in total. The summed E-state index contributed by atoms with van der Waals surface area (Å²) >= 11 is 0. The number of urea groups is 1. The Hall–Kier alpha value is -1.79. The molecular weight excluding hydrogens is 264 g/mol. The molecule has 1 fully saturated rings. The fraction of sp³-hybridized carbons (Fsp3) is 0.769. The van der Waals surface area contributed by atoms with Gasteiger partial charge < -0.3 is 20.1 Å². The molecule has 1 aliphatic heterocycles. The van der Waals surface area contributed by atoms with Crippen LogP contribution in [0.15, 0.2) is 0 Å². The van der Waals surface area contributed by atoms with E-state index in [0.717, 1.165) is 12.8 Å². The highest BCUT2D eigenvalue weighted by Crippen LogP contribution is 2.19. The quantitative estimate of drug-likeness (QED) is 0.705. The Morgan fingerprint density at radius 1 is 1.45 bits per heavy atom. The molecule has 2 amide bonds. The molecule has 0 aromatic rings. The van der Waals surface area contributed by atoms with E-state index in [1.54, 1.807) is 4.90 Å². The van der Waals surface area contributed by atoms with E-state index in [2.05, 4.69) is 17.0 Å². The Bertz CT molecular complexity index is 372. The van der Waals surface area contributed by atoms with Crippen molar-refractivity contribution in [2.24, 2.45) is 5.92 Å². The number of hydrogen-bond donors (Lipinski definition) is 2. The standard InChI is InChI=1S/C13H22N2O5/c1-3-9-6-7-15(8-9)13(19)14-10(12(17)18)4-5-11(16)20-2/h9-10H,3-8H2,1-2H3,(H,14,19)(H,17,18)/t9?,10-/m1/s1. The number of aliphatic carboxylic acids is 1. The second-order valence-corrected chi connectivity index (χ2v) is 4.96. The van der Waals surface area contributed by atoms with Gasteiger partial charge in [-0.1, -0.05) is 13.3 Å². The zero-order chi connectivity index (χ0) is 15.1. The van der Waals surface area contributed by atoms with Gasteiger partial charge in [-0.15, -0.1) is 0 Å². The number of carboxylic acids is 1. The highest BCUT2D eigenvalue weighted by molar-refractivity contribution is 5.83. The van der Waals surface area contributed by atoms with Crippen LogP contribution in [0.2, 0.25) is 0 Å². The average Bonchev–Trinajstić information content (AvgIpc) is 2.91. The van der Waals surface area contributed by atoms with Crippen LogP contribution in [0.5, 0.6) is 0 Å². The number of rotatable bonds is 6. The van der Waals surface area contributed by atoms with E-state index in [9.17, 15) is 14.4 Å². The molecule has 0 spiro atoms. The summed E-state index contributed by atoms with van der Waals surface area (Å²) < 4.78 is 4.46. The van der Waals surface area contributed by atoms with E-state index in [1.807, 2.05) is 0 Å². The Labute approximate surface area is 118 Å². The Morgan fingerprint density at radius 3 is 2.65 bits per heavy atom. The molecule has 0 aliphatic carbocycles. The Kier molecular flexibility index (Phi) is 6.27. The number of nitrogens with zero attached hydrogens (tertiary/aromatic N) is 1. The fourth-order valence-corrected chi connectivity index (χ4v) is 2.21. The number of carbonyl (C=O) groups excluding carboxylic acids is 2. The molecule has 20 heavy (non-hydrogen) atoms. The van der Waals surface area contributed by atoms with Gasteiger partial charge in [-0.05, 0) is 18.8 Å². The van der Waals surface area contributed by atoms with Gasteiger partial charge in [-0.3, -0.25) is 4.79 Å². The highest BCUT2D eigenvalue weighted by atomic mass is 16.5. The Balaban J connectivity index is 2.47. The summed E-state index contributed by atoms with van der Waals surface area (Å²) in [6, 6.07) is -1.44. The summed E-state index contributed by atoms with van der Waals surface area (Å²) in [6.45, 7) is 3.38. The summed E-state index contributed by atoms with van der Waals surface area (Å²) in [5.41, 5.74) is 0. The first-order valence-electron chi connectivity index (χ1n) is 6.83. The highest BCUT2D eigenvalue weighted by Gasteiger charge is 2.28. The van der Waals surface area contributed by atoms with Crippen molar-refractivity contribution in [1.82, 2.24) is 10.2 Å². The van der Waals surface area contributed by atoms with Gasteiger partial charge in [0.25, 0.3) is 0 Å². The molecule has 7 heteroatoms. The van der Waals surface area contributed by atoms with E-state index in [-0.39, 0.29) is 18.9 Å². The molecule has 1 rings (SSSR count). The minimum absolute atomic E-state index is 0.0266. The van der Waals surface area contributed by atoms with Crippen molar-refractivity contribution < 1.29 is 24.2 Å². The third-order valence-corrected chi connectivity index (χ3v) is 3.61. The number of methoxy groups -OCH3 is 1. The van der Waals surface area contributed by atoms with Crippen LogP contribution in [0.4, 0.5) is 4.79 Å². The topological polar surface area (TPSA) is 95.9 Å². The van der Waals surface area contributed by atoms with Gasteiger partial charge in [-0.2, -0.15) is 0 Å². The smallest absolute Gasteiger partial charge is 0.326 e. The first kappa shape index (κ1) is 16.3. The second-order valence-electron chi connectivity index (χ2n) is 4.96. The molecule has 0 bridgehead atoms. The van der Waals surface area contributed by atoms with Crippen molar-refractivity contribution in [1.29, 1.82) is 0 Å². The minimum Gasteiger partial charge on any atom is -0.480 e. The van der Waals surface area contributed by atoms with E-state index >= 15 is 0 Å². The van der Waals surface area contributed by atoms with Crippen LogP contribution in [-0.2, 0) is 14.3 Å². The maximum absolute atomic E-state index is 12.0. The van der Waals surface area contributed by atoms with Gasteiger partial charge in [-0.25, -0.2) is 9.59 Å². The first-order valence-corrected chi connectivity index (χ1v) is 6.83. The number of carbonyl (C=O) groups is 3. The number of hydrogen-bond acceptors (Lipinski definition) is 4. The van der Waals surface area contributed by atoms with Crippen molar-refractivity contribution in [3.63, 3.8) is 0 Å². The van der Waals surface area contributed by atoms with Gasteiger partial charge in [0.2, 0.25) is 0 Å². The van der Waals surface area contributed by atoms with Crippen molar-refractivity contribution in [2.45, 2.75) is 38.6 Å². The summed E-state index contributed by atoms with van der Waals surface area (Å²) in [5.74, 6) is -1.15. The summed E-state index contributed by atoms with van der Waals surface area (Å²) in [6.07, 6.45) is 1.95. The molecule has 1 unspecified atom stereocenters. The molecule has 0 radical (unpaired) electrons. The molecule has 114 valence electrons. The summed E-state index contributed by atoms with van der Waals surface area (Å²) in [5, 5.41) is 11.5. The lowest BCUT2D eigenvalue weighted by Gasteiger charge is -2.20. The zero-order valence-electron chi connectivity index (χ0n) is 11.9. The van der Waals surface area contributed by atoms with Crippen LogP contribution in [0.3, 0.4) is 0 Å². The van der Waals surface area contributed by atoms with Crippen molar-refractivity contribution in [3.8, 4) is 0 Å². The molecule has 2 atom stereocenters. The molecule has 1 aliphatic rings. The lowest BCUT2D eigenvalue weighted by Crippen LogP contribution is -2.47. The molecule has 7 nitrogen and oxygen atoms in total. The largest absolute Gasteiger partial charge is 0.480 e. The van der Waals surface area contributed by atoms with Crippen LogP contribution in [-0.4, -0.2) is 54.2 Å². The SMILES string of the molecule is CCC1CCN(C(=O)N[C@H](CCC(=O)OC)C(=O)O)C1. The lowest BCUT2D eigenvalue weighted by molar-refractivity contribution is -0.142. The van der Waals surface area contributed by atoms with Gasteiger partial charge in [0, 0.05) is 19.5 Å². The minimum atomic E-state index is -1.14. The van der Waals surface area contributed by atoms with Gasteiger partial charge in [0.05, 0.1) is 7.11 Å². The predicted molar refractivity (Wildman–Crippen MR) is 71.2 cm³/mol. The maximum atomic E-state index is 12.0. The van der Waals surface area contributed by atoms with Crippen molar-refractivity contribution in [3.05, 3.63) is 0 Å². The first-order chi connectivity index (χ1) is 9.47. The predicted octanol–water partition coefficient (Wildman–Crippen LogP) is 0.834.